The molecule has 3 rings (SSSR count). The first kappa shape index (κ1) is 21.8. The Balaban J connectivity index is 1.66. The Morgan fingerprint density at radius 1 is 1.13 bits per heavy atom. The normalized spacial score (nSPS) is 15.7. The van der Waals surface area contributed by atoms with Crippen molar-refractivity contribution in [1.29, 1.82) is 0 Å². The van der Waals surface area contributed by atoms with E-state index in [2.05, 4.69) is 13.8 Å². The topological polar surface area (TPSA) is 49.9 Å². The summed E-state index contributed by atoms with van der Waals surface area (Å²) >= 11 is 0. The maximum absolute atomic E-state index is 13.3. The average molecular weight is 413 g/mol. The molecule has 0 N–H and O–H groups in total. The fourth-order valence-electron chi connectivity index (χ4n) is 4.08. The average Bonchev–Trinajstić information content (AvgIpc) is 2.75. The van der Waals surface area contributed by atoms with E-state index in [-0.39, 0.29) is 23.9 Å². The molecule has 1 saturated heterocycles. The zero-order valence-corrected chi connectivity index (χ0v) is 17.5. The summed E-state index contributed by atoms with van der Waals surface area (Å²) in [6.45, 7) is 5.43. The number of ether oxygens (including phenoxy) is 1. The molecule has 1 aliphatic rings. The van der Waals surface area contributed by atoms with Crippen molar-refractivity contribution in [2.24, 2.45) is 11.8 Å². The maximum Gasteiger partial charge on any atom is 0.415 e. The molecule has 5 nitrogen and oxygen atoms in total. The third kappa shape index (κ3) is 5.59. The van der Waals surface area contributed by atoms with Gasteiger partial charge < -0.3 is 14.5 Å². The Hall–Kier alpha value is -2.89. The summed E-state index contributed by atoms with van der Waals surface area (Å²) in [6, 6.07) is 15.1. The molecule has 0 bridgehead atoms. The van der Waals surface area contributed by atoms with Gasteiger partial charge in [-0.1, -0.05) is 32.0 Å². The second-order valence-corrected chi connectivity index (χ2v) is 8.19. The van der Waals surface area contributed by atoms with Gasteiger partial charge in [-0.15, -0.1) is 0 Å². The predicted octanol–water partition coefficient (Wildman–Crippen LogP) is 5.11. The number of halogens is 1. The molecule has 1 atom stereocenters. The van der Waals surface area contributed by atoms with Gasteiger partial charge in [0.05, 0.1) is 0 Å². The number of carbonyl (C=O) groups excluding carboxylic acids is 2. The monoisotopic (exact) mass is 412 g/mol. The van der Waals surface area contributed by atoms with Gasteiger partial charge in [0.15, 0.2) is 0 Å². The van der Waals surface area contributed by atoms with Crippen molar-refractivity contribution in [1.82, 2.24) is 4.90 Å². The minimum atomic E-state index is -0.342. The highest BCUT2D eigenvalue weighted by Gasteiger charge is 2.33. The molecule has 1 fully saturated rings. The molecular weight excluding hydrogens is 383 g/mol. The summed E-state index contributed by atoms with van der Waals surface area (Å²) in [6.07, 6.45) is 2.91. The van der Waals surface area contributed by atoms with E-state index in [0.717, 1.165) is 25.7 Å². The van der Waals surface area contributed by atoms with Crippen LogP contribution in [-0.2, 0) is 4.79 Å². The van der Waals surface area contributed by atoms with Crippen LogP contribution in [0.1, 0.15) is 33.1 Å². The Labute approximate surface area is 177 Å². The van der Waals surface area contributed by atoms with E-state index in [1.807, 2.05) is 18.2 Å². The molecule has 1 aliphatic heterocycles. The fourth-order valence-corrected chi connectivity index (χ4v) is 4.08. The third-order valence-corrected chi connectivity index (χ3v) is 5.60. The van der Waals surface area contributed by atoms with Gasteiger partial charge in [-0.25, -0.2) is 9.18 Å². The number of hydrogen-bond acceptors (Lipinski definition) is 3. The number of carbonyl (C=O) groups is 2. The second kappa shape index (κ2) is 10.2. The number of anilines is 1. The first-order valence-corrected chi connectivity index (χ1v) is 10.5. The van der Waals surface area contributed by atoms with Crippen LogP contribution in [0.5, 0.6) is 5.75 Å². The molecule has 2 aromatic rings. The molecule has 6 heteroatoms. The van der Waals surface area contributed by atoms with Crippen molar-refractivity contribution in [3.63, 3.8) is 0 Å². The Morgan fingerprint density at radius 2 is 1.77 bits per heavy atom. The first-order chi connectivity index (χ1) is 14.5. The molecular formula is C24H29FN2O3. The van der Waals surface area contributed by atoms with Crippen LogP contribution in [0.4, 0.5) is 14.9 Å². The standard InChI is InChI=1S/C24H29FN2O3/c1-18(2)16-23(27(17-28)21-10-8-20(25)9-11-21)19-12-14-26(15-13-19)24(29)30-22-6-4-3-5-7-22/h3-11,17-19,23H,12-16H2,1-2H3. The van der Waals surface area contributed by atoms with E-state index in [0.29, 0.717) is 30.4 Å². The van der Waals surface area contributed by atoms with Crippen LogP contribution in [0.15, 0.2) is 54.6 Å². The van der Waals surface area contributed by atoms with E-state index in [1.54, 1.807) is 34.1 Å². The summed E-state index contributed by atoms with van der Waals surface area (Å²) < 4.78 is 18.8. The molecule has 30 heavy (non-hydrogen) atoms. The van der Waals surface area contributed by atoms with Crippen LogP contribution in [-0.4, -0.2) is 36.5 Å². The molecule has 0 aromatic heterocycles. The number of hydrogen-bond donors (Lipinski definition) is 0. The Bertz CT molecular complexity index is 818. The maximum atomic E-state index is 13.3. The lowest BCUT2D eigenvalue weighted by Gasteiger charge is -2.40. The van der Waals surface area contributed by atoms with Crippen LogP contribution in [0, 0.1) is 17.7 Å². The number of rotatable bonds is 7. The van der Waals surface area contributed by atoms with Gasteiger partial charge in [0.1, 0.15) is 11.6 Å². The first-order valence-electron chi connectivity index (χ1n) is 10.5. The largest absolute Gasteiger partial charge is 0.415 e. The second-order valence-electron chi connectivity index (χ2n) is 8.19. The Morgan fingerprint density at radius 3 is 2.33 bits per heavy atom. The molecule has 0 aliphatic carbocycles. The highest BCUT2D eigenvalue weighted by molar-refractivity contribution is 5.76. The summed E-state index contributed by atoms with van der Waals surface area (Å²) in [4.78, 5) is 27.9. The van der Waals surface area contributed by atoms with Crippen molar-refractivity contribution in [3.05, 3.63) is 60.4 Å². The minimum Gasteiger partial charge on any atom is -0.410 e. The molecule has 2 amide bonds. The van der Waals surface area contributed by atoms with Crippen LogP contribution in [0.3, 0.4) is 0 Å². The molecule has 1 heterocycles. The predicted molar refractivity (Wildman–Crippen MR) is 115 cm³/mol. The lowest BCUT2D eigenvalue weighted by Crippen LogP contribution is -2.47. The van der Waals surface area contributed by atoms with Crippen LogP contribution < -0.4 is 9.64 Å². The van der Waals surface area contributed by atoms with Crippen molar-refractivity contribution in [2.45, 2.75) is 39.2 Å². The SMILES string of the molecule is CC(C)CC(C1CCN(C(=O)Oc2ccccc2)CC1)N(C=O)c1ccc(F)cc1. The summed E-state index contributed by atoms with van der Waals surface area (Å²) in [5.74, 6) is 0.864. The van der Waals surface area contributed by atoms with Crippen molar-refractivity contribution < 1.29 is 18.7 Å². The van der Waals surface area contributed by atoms with E-state index in [9.17, 15) is 14.0 Å². The van der Waals surface area contributed by atoms with Crippen LogP contribution in [0.25, 0.3) is 0 Å². The Kier molecular flexibility index (Phi) is 7.44. The minimum absolute atomic E-state index is 0.000236. The number of benzene rings is 2. The van der Waals surface area contributed by atoms with Gasteiger partial charge in [0, 0.05) is 24.8 Å². The fraction of sp³-hybridized carbons (Fsp3) is 0.417. The van der Waals surface area contributed by atoms with Crippen molar-refractivity contribution in [3.8, 4) is 5.75 Å². The number of amides is 2. The van der Waals surface area contributed by atoms with Gasteiger partial charge in [0.25, 0.3) is 0 Å². The molecule has 2 aromatic carbocycles. The lowest BCUT2D eigenvalue weighted by atomic mass is 9.84. The van der Waals surface area contributed by atoms with Gasteiger partial charge >= 0.3 is 6.09 Å². The van der Waals surface area contributed by atoms with Gasteiger partial charge in [-0.3, -0.25) is 4.79 Å². The van der Waals surface area contributed by atoms with Crippen LogP contribution >= 0.6 is 0 Å². The van der Waals surface area contributed by atoms with E-state index < -0.39 is 0 Å². The van der Waals surface area contributed by atoms with Crippen LogP contribution in [0.2, 0.25) is 0 Å². The zero-order valence-electron chi connectivity index (χ0n) is 17.5. The van der Waals surface area contributed by atoms with E-state index in [4.69, 9.17) is 4.74 Å². The molecule has 0 spiro atoms. The summed E-state index contributed by atoms with van der Waals surface area (Å²) in [7, 11) is 0. The highest BCUT2D eigenvalue weighted by Crippen LogP contribution is 2.31. The molecule has 0 saturated carbocycles. The number of likely N-dealkylation sites (tertiary alicyclic amines) is 1. The summed E-state index contributed by atoms with van der Waals surface area (Å²) in [5.41, 5.74) is 0.697. The molecule has 0 radical (unpaired) electrons. The molecule has 160 valence electrons. The zero-order chi connectivity index (χ0) is 21.5. The van der Waals surface area contributed by atoms with Gasteiger partial charge in [-0.05, 0) is 67.5 Å². The number of para-hydroxylation sites is 1. The smallest absolute Gasteiger partial charge is 0.410 e. The third-order valence-electron chi connectivity index (χ3n) is 5.60. The quantitative estimate of drug-likeness (QED) is 0.594. The number of piperidine rings is 1. The summed E-state index contributed by atoms with van der Waals surface area (Å²) in [5, 5.41) is 0. The van der Waals surface area contributed by atoms with Crippen molar-refractivity contribution in [2.75, 3.05) is 18.0 Å². The van der Waals surface area contributed by atoms with Crippen molar-refractivity contribution >= 4 is 18.2 Å². The lowest BCUT2D eigenvalue weighted by molar-refractivity contribution is -0.108. The van der Waals surface area contributed by atoms with Gasteiger partial charge in [-0.2, -0.15) is 0 Å². The highest BCUT2D eigenvalue weighted by atomic mass is 19.1. The number of nitrogens with zero attached hydrogens (tertiary/aromatic N) is 2. The van der Waals surface area contributed by atoms with Gasteiger partial charge in [0.2, 0.25) is 6.41 Å². The van der Waals surface area contributed by atoms with E-state index >= 15 is 0 Å². The molecule has 1 unspecified atom stereocenters. The van der Waals surface area contributed by atoms with E-state index in [1.165, 1.54) is 12.1 Å².